The van der Waals surface area contributed by atoms with Crippen molar-refractivity contribution in [2.75, 3.05) is 24.3 Å². The van der Waals surface area contributed by atoms with Crippen molar-refractivity contribution >= 4 is 21.4 Å². The van der Waals surface area contributed by atoms with Gasteiger partial charge in [-0.3, -0.25) is 4.72 Å². The minimum absolute atomic E-state index is 0.00502. The third kappa shape index (κ3) is 4.01. The fourth-order valence-corrected chi connectivity index (χ4v) is 6.14. The Bertz CT molecular complexity index is 1370. The van der Waals surface area contributed by atoms with Gasteiger partial charge in [-0.25, -0.2) is 8.42 Å². The van der Waals surface area contributed by atoms with E-state index in [0.717, 1.165) is 40.3 Å². The third-order valence-electron chi connectivity index (χ3n) is 6.69. The molecule has 6 nitrogen and oxygen atoms in total. The number of hydrogen-bond acceptors (Lipinski definition) is 5. The summed E-state index contributed by atoms with van der Waals surface area (Å²) in [4.78, 5) is 0.256. The Labute approximate surface area is 200 Å². The molecule has 2 N–H and O–H groups in total. The van der Waals surface area contributed by atoms with E-state index in [0.29, 0.717) is 5.69 Å². The molecule has 1 aliphatic carbocycles. The zero-order valence-electron chi connectivity index (χ0n) is 19.4. The van der Waals surface area contributed by atoms with Crippen molar-refractivity contribution in [1.82, 2.24) is 0 Å². The molecule has 0 amide bonds. The van der Waals surface area contributed by atoms with Crippen LogP contribution in [0.25, 0.3) is 0 Å². The Balaban J connectivity index is 1.51. The Morgan fingerprint density at radius 1 is 0.971 bits per heavy atom. The number of aryl methyl sites for hydroxylation is 1. The molecule has 0 unspecified atom stereocenters. The maximum absolute atomic E-state index is 13.2. The average molecular weight is 477 g/mol. The summed E-state index contributed by atoms with van der Waals surface area (Å²) in [6.07, 6.45) is 5.26. The van der Waals surface area contributed by atoms with E-state index in [4.69, 9.17) is 9.47 Å². The smallest absolute Gasteiger partial charge is 0.261 e. The van der Waals surface area contributed by atoms with Gasteiger partial charge in [-0.2, -0.15) is 0 Å². The van der Waals surface area contributed by atoms with Crippen molar-refractivity contribution in [3.05, 3.63) is 89.5 Å². The van der Waals surface area contributed by atoms with Gasteiger partial charge in [0.15, 0.2) is 0 Å². The van der Waals surface area contributed by atoms with Crippen LogP contribution >= 0.6 is 0 Å². The van der Waals surface area contributed by atoms with Gasteiger partial charge in [-0.05, 0) is 78.9 Å². The molecule has 0 spiro atoms. The van der Waals surface area contributed by atoms with Crippen molar-refractivity contribution in [1.29, 1.82) is 0 Å². The minimum atomic E-state index is -3.72. The van der Waals surface area contributed by atoms with Crippen molar-refractivity contribution in [3.8, 4) is 11.5 Å². The van der Waals surface area contributed by atoms with Crippen LogP contribution in [-0.4, -0.2) is 22.6 Å². The molecule has 3 aromatic rings. The molecule has 3 aromatic carbocycles. The normalized spacial score (nSPS) is 20.7. The summed E-state index contributed by atoms with van der Waals surface area (Å²) in [5.74, 6) is 1.91. The van der Waals surface area contributed by atoms with E-state index < -0.39 is 10.0 Å². The first-order valence-electron chi connectivity index (χ1n) is 11.3. The molecular weight excluding hydrogens is 448 g/mol. The van der Waals surface area contributed by atoms with E-state index in [9.17, 15) is 8.42 Å². The number of sulfonamides is 1. The van der Waals surface area contributed by atoms with Crippen LogP contribution in [0.15, 0.2) is 77.7 Å². The lowest BCUT2D eigenvalue weighted by molar-refractivity contribution is 0.374. The molecule has 0 saturated carbocycles. The Morgan fingerprint density at radius 2 is 1.82 bits per heavy atom. The molecule has 176 valence electrons. The predicted octanol–water partition coefficient (Wildman–Crippen LogP) is 5.64. The Hall–Kier alpha value is -3.45. The molecule has 7 heteroatoms. The first kappa shape index (κ1) is 22.3. The van der Waals surface area contributed by atoms with Gasteiger partial charge in [-0.1, -0.05) is 24.3 Å². The molecule has 1 aliphatic heterocycles. The fraction of sp³-hybridized carbons (Fsp3) is 0.259. The van der Waals surface area contributed by atoms with Crippen LogP contribution in [0.5, 0.6) is 11.5 Å². The summed E-state index contributed by atoms with van der Waals surface area (Å²) >= 11 is 0. The highest BCUT2D eigenvalue weighted by atomic mass is 32.2. The zero-order valence-corrected chi connectivity index (χ0v) is 20.2. The van der Waals surface area contributed by atoms with E-state index in [1.165, 1.54) is 0 Å². The van der Waals surface area contributed by atoms with Crippen molar-refractivity contribution in [3.63, 3.8) is 0 Å². The van der Waals surface area contributed by atoms with Gasteiger partial charge in [-0.15, -0.1) is 0 Å². The minimum Gasteiger partial charge on any atom is -0.497 e. The second-order valence-corrected chi connectivity index (χ2v) is 10.5. The number of methoxy groups -OCH3 is 2. The molecule has 0 aromatic heterocycles. The van der Waals surface area contributed by atoms with Gasteiger partial charge in [0.1, 0.15) is 11.5 Å². The number of allylic oxidation sites excluding steroid dienone is 2. The second-order valence-electron chi connectivity index (χ2n) is 8.81. The molecule has 3 atom stereocenters. The molecule has 5 rings (SSSR count). The quantitative estimate of drug-likeness (QED) is 0.450. The monoisotopic (exact) mass is 476 g/mol. The molecule has 0 radical (unpaired) electrons. The van der Waals surface area contributed by atoms with Gasteiger partial charge in [0.05, 0.1) is 25.2 Å². The average Bonchev–Trinajstić information content (AvgIpc) is 3.33. The van der Waals surface area contributed by atoms with E-state index in [1.807, 2.05) is 49.4 Å². The highest BCUT2D eigenvalue weighted by molar-refractivity contribution is 7.92. The molecular formula is C27H28N2O4S. The lowest BCUT2D eigenvalue weighted by Crippen LogP contribution is -2.29. The van der Waals surface area contributed by atoms with Crippen LogP contribution in [0, 0.1) is 12.8 Å². The Morgan fingerprint density at radius 3 is 2.59 bits per heavy atom. The van der Waals surface area contributed by atoms with Gasteiger partial charge in [0.2, 0.25) is 0 Å². The number of rotatable bonds is 6. The second kappa shape index (κ2) is 8.72. The Kier molecular flexibility index (Phi) is 5.73. The van der Waals surface area contributed by atoms with Gasteiger partial charge in [0, 0.05) is 22.9 Å². The van der Waals surface area contributed by atoms with Crippen molar-refractivity contribution in [2.24, 2.45) is 5.92 Å². The maximum atomic E-state index is 13.2. The van der Waals surface area contributed by atoms with Gasteiger partial charge >= 0.3 is 0 Å². The number of benzene rings is 3. The maximum Gasteiger partial charge on any atom is 0.261 e. The van der Waals surface area contributed by atoms with Crippen LogP contribution < -0.4 is 19.5 Å². The highest BCUT2D eigenvalue weighted by Crippen LogP contribution is 2.52. The molecule has 34 heavy (non-hydrogen) atoms. The SMILES string of the molecule is COc1ccc(OC)c([C@H]2Nc3ccc(S(=O)(=O)Nc4cccc(C)c4)cc3[C@H]3C=CC[C@H]32)c1. The lowest BCUT2D eigenvalue weighted by atomic mass is 9.77. The molecule has 0 fully saturated rings. The van der Waals surface area contributed by atoms with Crippen LogP contribution in [-0.2, 0) is 10.0 Å². The zero-order chi connectivity index (χ0) is 23.9. The topological polar surface area (TPSA) is 76.7 Å². The van der Waals surface area contributed by atoms with Gasteiger partial charge in [0.25, 0.3) is 10.0 Å². The van der Waals surface area contributed by atoms with Crippen molar-refractivity contribution in [2.45, 2.75) is 30.2 Å². The van der Waals surface area contributed by atoms with Gasteiger partial charge < -0.3 is 14.8 Å². The van der Waals surface area contributed by atoms with E-state index in [-0.39, 0.29) is 22.8 Å². The summed E-state index contributed by atoms with van der Waals surface area (Å²) in [5.41, 5.74) is 4.50. The van der Waals surface area contributed by atoms with E-state index in [2.05, 4.69) is 22.2 Å². The van der Waals surface area contributed by atoms with E-state index in [1.54, 1.807) is 32.4 Å². The summed E-state index contributed by atoms with van der Waals surface area (Å²) < 4.78 is 40.1. The van der Waals surface area contributed by atoms with Crippen LogP contribution in [0.1, 0.15) is 35.1 Å². The number of nitrogens with one attached hydrogen (secondary N) is 2. The van der Waals surface area contributed by atoms with E-state index >= 15 is 0 Å². The largest absolute Gasteiger partial charge is 0.497 e. The highest BCUT2D eigenvalue weighted by Gasteiger charge is 2.39. The first-order valence-corrected chi connectivity index (χ1v) is 12.8. The predicted molar refractivity (Wildman–Crippen MR) is 134 cm³/mol. The standard InChI is InChI=1S/C27H28N2O4S/c1-17-6-4-7-18(14-17)29-34(30,31)20-11-12-25-23(16-20)21-8-5-9-22(21)27(28-25)24-15-19(32-2)10-13-26(24)33-3/h4-8,10-16,21-22,27-29H,9H2,1-3H3/t21-,22+,27-/m0/s1. The van der Waals surface area contributed by atoms with Crippen molar-refractivity contribution < 1.29 is 17.9 Å². The number of anilines is 2. The molecule has 0 saturated heterocycles. The molecule has 0 bridgehead atoms. The first-order chi connectivity index (χ1) is 16.4. The van der Waals surface area contributed by atoms with Crippen LogP contribution in [0.4, 0.5) is 11.4 Å². The summed E-state index contributed by atoms with van der Waals surface area (Å²) in [6.45, 7) is 1.93. The third-order valence-corrected chi connectivity index (χ3v) is 8.07. The number of hydrogen-bond donors (Lipinski definition) is 2. The van der Waals surface area contributed by atoms with Crippen LogP contribution in [0.3, 0.4) is 0 Å². The van der Waals surface area contributed by atoms with Crippen LogP contribution in [0.2, 0.25) is 0 Å². The fourth-order valence-electron chi connectivity index (χ4n) is 5.05. The summed E-state index contributed by atoms with van der Waals surface area (Å²) in [5, 5.41) is 3.66. The summed E-state index contributed by atoms with van der Waals surface area (Å²) in [7, 11) is -0.390. The molecule has 2 aliphatic rings. The lowest BCUT2D eigenvalue weighted by Gasteiger charge is -2.38. The number of fused-ring (bicyclic) bond motifs is 3. The number of ether oxygens (including phenoxy) is 2. The molecule has 1 heterocycles. The summed E-state index contributed by atoms with van der Waals surface area (Å²) in [6, 6.07) is 18.5.